The van der Waals surface area contributed by atoms with E-state index in [2.05, 4.69) is 14.7 Å². The average Bonchev–Trinajstić information content (AvgIpc) is 3.12. The maximum absolute atomic E-state index is 14.3. The Morgan fingerprint density at radius 3 is 2.04 bits per heavy atom. The van der Waals surface area contributed by atoms with Gasteiger partial charge in [-0.05, 0) is 12.1 Å². The first-order valence-corrected chi connectivity index (χ1v) is 8.96. The largest absolute Gasteiger partial charge is 0.471 e. The lowest BCUT2D eigenvalue weighted by atomic mass is 10.1. The van der Waals surface area contributed by atoms with Crippen LogP contribution in [-0.4, -0.2) is 18.6 Å². The number of hydrogen-bond donors (Lipinski definition) is 1. The molecular formula is C16H10F5N3O3S. The fourth-order valence-corrected chi connectivity index (χ4v) is 3.26. The number of alkyl halides is 5. The molecule has 1 heterocycles. The second-order valence-electron chi connectivity index (χ2n) is 5.49. The summed E-state index contributed by atoms with van der Waals surface area (Å²) in [5, 5.41) is 3.14. The van der Waals surface area contributed by atoms with Crippen LogP contribution in [0.2, 0.25) is 0 Å². The van der Waals surface area contributed by atoms with Crippen LogP contribution in [0, 0.1) is 0 Å². The summed E-state index contributed by atoms with van der Waals surface area (Å²) in [5.41, 5.74) is -0.750. The molecule has 12 heteroatoms. The molecule has 0 atom stereocenters. The number of rotatable bonds is 5. The van der Waals surface area contributed by atoms with E-state index in [9.17, 15) is 30.4 Å². The number of benzene rings is 2. The molecule has 0 radical (unpaired) electrons. The van der Waals surface area contributed by atoms with Crippen LogP contribution in [0.1, 0.15) is 11.5 Å². The third-order valence-electron chi connectivity index (χ3n) is 3.49. The highest BCUT2D eigenvalue weighted by Crippen LogP contribution is 2.31. The van der Waals surface area contributed by atoms with Gasteiger partial charge in [0, 0.05) is 11.1 Å². The molecule has 2 aromatic carbocycles. The lowest BCUT2D eigenvalue weighted by Crippen LogP contribution is -2.38. The molecule has 1 aromatic heterocycles. The zero-order valence-corrected chi connectivity index (χ0v) is 14.4. The van der Waals surface area contributed by atoms with Crippen molar-refractivity contribution in [1.82, 2.24) is 14.9 Å². The Morgan fingerprint density at radius 2 is 1.50 bits per heavy atom. The lowest BCUT2D eigenvalue weighted by Gasteiger charge is -2.18. The standard InChI is InChI=1S/C16H10F5N3O3S/c17-15(18,19)14-22-13(23-27-14)10-6-8-11(9-7-10)16(20,21)24-28(25,26)12-4-2-1-3-5-12/h1-9,24H. The van der Waals surface area contributed by atoms with Gasteiger partial charge >= 0.3 is 18.1 Å². The minimum absolute atomic E-state index is 0.0234. The van der Waals surface area contributed by atoms with Crippen LogP contribution < -0.4 is 4.72 Å². The highest BCUT2D eigenvalue weighted by Gasteiger charge is 2.39. The minimum atomic E-state index is -4.84. The molecule has 0 amide bonds. The maximum atomic E-state index is 14.3. The molecule has 3 aromatic rings. The highest BCUT2D eigenvalue weighted by molar-refractivity contribution is 7.89. The summed E-state index contributed by atoms with van der Waals surface area (Å²) < 4.78 is 95.6. The van der Waals surface area contributed by atoms with Crippen molar-refractivity contribution in [2.75, 3.05) is 0 Å². The fourth-order valence-electron chi connectivity index (χ4n) is 2.17. The molecule has 148 valence electrons. The normalized spacial score (nSPS) is 12.9. The molecule has 0 unspecified atom stereocenters. The summed E-state index contributed by atoms with van der Waals surface area (Å²) in [6, 6.07) is 6.32. The van der Waals surface area contributed by atoms with Gasteiger partial charge in [0.25, 0.3) is 0 Å². The summed E-state index contributed by atoms with van der Waals surface area (Å²) in [5.74, 6) is -2.03. The second kappa shape index (κ2) is 6.95. The van der Waals surface area contributed by atoms with Gasteiger partial charge in [-0.2, -0.15) is 26.9 Å². The lowest BCUT2D eigenvalue weighted by molar-refractivity contribution is -0.159. The van der Waals surface area contributed by atoms with Crippen LogP contribution >= 0.6 is 0 Å². The SMILES string of the molecule is O=S(=O)(NC(F)(F)c1ccc(-c2noc(C(F)(F)F)n2)cc1)c1ccccc1. The van der Waals surface area contributed by atoms with Gasteiger partial charge in [-0.25, -0.2) is 8.42 Å². The van der Waals surface area contributed by atoms with E-state index in [1.807, 2.05) is 0 Å². The Bertz CT molecular complexity index is 1060. The Morgan fingerprint density at radius 1 is 0.893 bits per heavy atom. The van der Waals surface area contributed by atoms with Crippen molar-refractivity contribution in [3.63, 3.8) is 0 Å². The topological polar surface area (TPSA) is 85.1 Å². The van der Waals surface area contributed by atoms with E-state index < -0.39 is 39.5 Å². The van der Waals surface area contributed by atoms with Crippen molar-refractivity contribution >= 4 is 10.0 Å². The van der Waals surface area contributed by atoms with Gasteiger partial charge < -0.3 is 4.52 Å². The molecular weight excluding hydrogens is 409 g/mol. The molecule has 0 aliphatic carbocycles. The molecule has 1 N–H and O–H groups in total. The van der Waals surface area contributed by atoms with Gasteiger partial charge in [-0.3, -0.25) is 0 Å². The third-order valence-corrected chi connectivity index (χ3v) is 4.91. The van der Waals surface area contributed by atoms with Gasteiger partial charge in [0.05, 0.1) is 4.90 Å². The van der Waals surface area contributed by atoms with Crippen molar-refractivity contribution in [2.24, 2.45) is 0 Å². The predicted molar refractivity (Wildman–Crippen MR) is 85.4 cm³/mol. The number of sulfonamides is 1. The van der Waals surface area contributed by atoms with Gasteiger partial charge in [-0.1, -0.05) is 47.6 Å². The van der Waals surface area contributed by atoms with E-state index in [0.29, 0.717) is 0 Å². The quantitative estimate of drug-likeness (QED) is 0.503. The van der Waals surface area contributed by atoms with Crippen LogP contribution in [0.5, 0.6) is 0 Å². The first kappa shape index (κ1) is 19.9. The fraction of sp³-hybridized carbons (Fsp3) is 0.125. The molecule has 0 aliphatic heterocycles. The second-order valence-corrected chi connectivity index (χ2v) is 7.17. The Balaban J connectivity index is 1.83. The number of nitrogens with zero attached hydrogens (tertiary/aromatic N) is 2. The van der Waals surface area contributed by atoms with Gasteiger partial charge in [-0.15, -0.1) is 4.72 Å². The molecule has 0 saturated heterocycles. The van der Waals surface area contributed by atoms with E-state index in [1.54, 1.807) is 0 Å². The third kappa shape index (κ3) is 4.17. The molecule has 0 aliphatic rings. The maximum Gasteiger partial charge on any atom is 0.471 e. The number of aromatic nitrogens is 2. The minimum Gasteiger partial charge on any atom is -0.329 e. The van der Waals surface area contributed by atoms with Crippen LogP contribution in [0.15, 0.2) is 64.0 Å². The zero-order valence-electron chi connectivity index (χ0n) is 13.6. The van der Waals surface area contributed by atoms with Crippen LogP contribution in [-0.2, 0) is 22.2 Å². The first-order valence-electron chi connectivity index (χ1n) is 7.48. The van der Waals surface area contributed by atoms with E-state index >= 15 is 0 Å². The molecule has 6 nitrogen and oxygen atoms in total. The van der Waals surface area contributed by atoms with Crippen molar-refractivity contribution < 1.29 is 34.9 Å². The van der Waals surface area contributed by atoms with Crippen LogP contribution in [0.25, 0.3) is 11.4 Å². The smallest absolute Gasteiger partial charge is 0.329 e. The summed E-state index contributed by atoms with van der Waals surface area (Å²) in [6.07, 6.45) is -4.84. The molecule has 0 bridgehead atoms. The van der Waals surface area contributed by atoms with Gasteiger partial charge in [0.15, 0.2) is 0 Å². The first-order chi connectivity index (χ1) is 13.0. The summed E-state index contributed by atoms with van der Waals surface area (Å²) >= 11 is 0. The monoisotopic (exact) mass is 419 g/mol. The highest BCUT2D eigenvalue weighted by atomic mass is 32.2. The van der Waals surface area contributed by atoms with E-state index in [4.69, 9.17) is 0 Å². The summed E-state index contributed by atoms with van der Waals surface area (Å²) in [4.78, 5) is 2.79. The summed E-state index contributed by atoms with van der Waals surface area (Å²) in [7, 11) is -4.51. The molecule has 0 spiro atoms. The zero-order chi connectivity index (χ0) is 20.6. The van der Waals surface area contributed by atoms with E-state index in [1.165, 1.54) is 22.9 Å². The van der Waals surface area contributed by atoms with Crippen molar-refractivity contribution in [2.45, 2.75) is 17.1 Å². The molecule has 3 rings (SSSR count). The van der Waals surface area contributed by atoms with Crippen LogP contribution in [0.3, 0.4) is 0 Å². The summed E-state index contributed by atoms with van der Waals surface area (Å²) in [6.45, 7) is 0. The molecule has 0 saturated carbocycles. The van der Waals surface area contributed by atoms with E-state index in [-0.39, 0.29) is 10.5 Å². The predicted octanol–water partition coefficient (Wildman–Crippen LogP) is 3.78. The van der Waals surface area contributed by atoms with E-state index in [0.717, 1.165) is 36.4 Å². The molecule has 0 fully saturated rings. The van der Waals surface area contributed by atoms with Crippen molar-refractivity contribution in [1.29, 1.82) is 0 Å². The Kier molecular flexibility index (Phi) is 4.93. The number of halogens is 5. The number of nitrogens with one attached hydrogen (secondary N) is 1. The molecule has 28 heavy (non-hydrogen) atoms. The Hall–Kier alpha value is -2.86. The van der Waals surface area contributed by atoms with Gasteiger partial charge in [0.1, 0.15) is 0 Å². The van der Waals surface area contributed by atoms with Crippen molar-refractivity contribution in [3.05, 3.63) is 66.1 Å². The van der Waals surface area contributed by atoms with Crippen LogP contribution in [0.4, 0.5) is 22.0 Å². The van der Waals surface area contributed by atoms with Crippen molar-refractivity contribution in [3.8, 4) is 11.4 Å². The number of hydrogen-bond acceptors (Lipinski definition) is 5. The average molecular weight is 419 g/mol. The van der Waals surface area contributed by atoms with Gasteiger partial charge in [0.2, 0.25) is 15.8 Å². The Labute approximate surface area is 155 Å².